The first-order valence-corrected chi connectivity index (χ1v) is 4.51. The van der Waals surface area contributed by atoms with Gasteiger partial charge in [0, 0.05) is 11.8 Å². The highest BCUT2D eigenvalue weighted by Gasteiger charge is 2.79. The summed E-state index contributed by atoms with van der Waals surface area (Å²) >= 11 is 0. The largest absolute Gasteiger partial charge is 0.426 e. The molecule has 0 aliphatic heterocycles. The molecule has 15 heavy (non-hydrogen) atoms. The van der Waals surface area contributed by atoms with Crippen molar-refractivity contribution in [2.75, 3.05) is 6.61 Å². The fourth-order valence-electron chi connectivity index (χ4n) is 2.59. The van der Waals surface area contributed by atoms with E-state index in [9.17, 15) is 22.0 Å². The second-order valence-corrected chi connectivity index (χ2v) is 4.06. The lowest BCUT2D eigenvalue weighted by Crippen LogP contribution is -2.61. The highest BCUT2D eigenvalue weighted by Crippen LogP contribution is 2.62. The molecule has 0 heterocycles. The van der Waals surface area contributed by atoms with Crippen LogP contribution in [0.1, 0.15) is 6.42 Å². The summed E-state index contributed by atoms with van der Waals surface area (Å²) in [4.78, 5) is 0. The number of allylic oxidation sites excluding steroid dienone is 2. The van der Waals surface area contributed by atoms with Crippen LogP contribution in [-0.2, 0) is 0 Å². The first-order valence-electron chi connectivity index (χ1n) is 4.51. The Balaban J connectivity index is 2.52. The van der Waals surface area contributed by atoms with Crippen LogP contribution < -0.4 is 0 Å². The van der Waals surface area contributed by atoms with Crippen LogP contribution in [0.4, 0.5) is 22.0 Å². The Morgan fingerprint density at radius 2 is 1.73 bits per heavy atom. The van der Waals surface area contributed by atoms with Crippen molar-refractivity contribution in [1.29, 1.82) is 0 Å². The molecule has 2 aliphatic carbocycles. The fourth-order valence-corrected chi connectivity index (χ4v) is 2.59. The van der Waals surface area contributed by atoms with Gasteiger partial charge in [-0.2, -0.15) is 13.2 Å². The Hall–Kier alpha value is -0.650. The van der Waals surface area contributed by atoms with Gasteiger partial charge in [-0.1, -0.05) is 12.2 Å². The van der Waals surface area contributed by atoms with E-state index in [2.05, 4.69) is 0 Å². The molecule has 86 valence electrons. The van der Waals surface area contributed by atoms with Crippen molar-refractivity contribution in [1.82, 2.24) is 0 Å². The molecule has 2 rings (SSSR count). The minimum Gasteiger partial charge on any atom is -0.393 e. The maximum atomic E-state index is 13.9. The second-order valence-electron chi connectivity index (χ2n) is 4.06. The number of hydrogen-bond donors (Lipinski definition) is 1. The van der Waals surface area contributed by atoms with E-state index in [1.54, 1.807) is 0 Å². The molecular weight excluding hydrogens is 219 g/mol. The van der Waals surface area contributed by atoms with E-state index >= 15 is 0 Å². The minimum absolute atomic E-state index is 0.229. The summed E-state index contributed by atoms with van der Waals surface area (Å²) in [6, 6.07) is 0. The standard InChI is InChI=1S/C9H9F5O/c10-7(4-15)5-1-2-6(3-5)8(7,11)9(12,13)14/h1-2,5-6,15H,3-4H2. The quantitative estimate of drug-likeness (QED) is 0.538. The van der Waals surface area contributed by atoms with Crippen LogP contribution in [0.2, 0.25) is 0 Å². The highest BCUT2D eigenvalue weighted by molar-refractivity contribution is 5.30. The van der Waals surface area contributed by atoms with Crippen molar-refractivity contribution in [2.45, 2.75) is 23.9 Å². The monoisotopic (exact) mass is 228 g/mol. The molecule has 6 heteroatoms. The van der Waals surface area contributed by atoms with Crippen molar-refractivity contribution >= 4 is 0 Å². The fraction of sp³-hybridized carbons (Fsp3) is 0.778. The number of rotatable bonds is 1. The van der Waals surface area contributed by atoms with E-state index in [-0.39, 0.29) is 6.42 Å². The summed E-state index contributed by atoms with van der Waals surface area (Å²) in [5, 5.41) is 8.70. The Kier molecular flexibility index (Phi) is 1.97. The van der Waals surface area contributed by atoms with E-state index in [1.165, 1.54) is 6.08 Å². The maximum absolute atomic E-state index is 13.9. The smallest absolute Gasteiger partial charge is 0.393 e. The molecule has 1 nitrogen and oxygen atoms in total. The molecule has 4 unspecified atom stereocenters. The molecule has 0 aromatic rings. The number of aliphatic hydroxyl groups is 1. The Labute approximate surface area is 82.6 Å². The lowest BCUT2D eigenvalue weighted by Gasteiger charge is -2.40. The summed E-state index contributed by atoms with van der Waals surface area (Å²) in [5.74, 6) is -2.70. The first-order chi connectivity index (χ1) is 6.77. The van der Waals surface area contributed by atoms with Crippen LogP contribution in [0.5, 0.6) is 0 Å². The predicted octanol–water partition coefficient (Wildman–Crippen LogP) is 2.16. The van der Waals surface area contributed by atoms with Gasteiger partial charge in [0.05, 0.1) is 6.61 Å². The number of aliphatic hydroxyl groups excluding tert-OH is 1. The summed E-state index contributed by atoms with van der Waals surface area (Å²) in [6.07, 6.45) is -3.27. The minimum atomic E-state index is -5.30. The molecule has 0 aromatic carbocycles. The predicted molar refractivity (Wildman–Crippen MR) is 41.6 cm³/mol. The average Bonchev–Trinajstić information content (AvgIpc) is 2.68. The van der Waals surface area contributed by atoms with Crippen LogP contribution in [0.15, 0.2) is 12.2 Å². The normalized spacial score (nSPS) is 48.9. The van der Waals surface area contributed by atoms with Gasteiger partial charge in [-0.25, -0.2) is 8.78 Å². The van der Waals surface area contributed by atoms with Gasteiger partial charge in [0.15, 0.2) is 5.67 Å². The van der Waals surface area contributed by atoms with Crippen molar-refractivity contribution in [3.63, 3.8) is 0 Å². The van der Waals surface area contributed by atoms with Crippen molar-refractivity contribution < 1.29 is 27.1 Å². The van der Waals surface area contributed by atoms with Crippen molar-refractivity contribution in [3.8, 4) is 0 Å². The average molecular weight is 228 g/mol. The van der Waals surface area contributed by atoms with E-state index in [0.29, 0.717) is 0 Å². The molecule has 0 aromatic heterocycles. The topological polar surface area (TPSA) is 20.2 Å². The third kappa shape index (κ3) is 1.01. The number of alkyl halides is 5. The molecule has 0 spiro atoms. The number of fused-ring (bicyclic) bond motifs is 2. The highest BCUT2D eigenvalue weighted by atomic mass is 19.4. The summed E-state index contributed by atoms with van der Waals surface area (Å²) < 4.78 is 65.3. The zero-order valence-corrected chi connectivity index (χ0v) is 7.56. The van der Waals surface area contributed by atoms with Crippen LogP contribution in [-0.4, -0.2) is 29.2 Å². The molecule has 4 atom stereocenters. The van der Waals surface area contributed by atoms with Gasteiger partial charge in [0.25, 0.3) is 0 Å². The lowest BCUT2D eigenvalue weighted by atomic mass is 9.77. The van der Waals surface area contributed by atoms with Gasteiger partial charge >= 0.3 is 6.18 Å². The zero-order valence-electron chi connectivity index (χ0n) is 7.56. The Morgan fingerprint density at radius 1 is 1.20 bits per heavy atom. The van der Waals surface area contributed by atoms with Crippen LogP contribution >= 0.6 is 0 Å². The molecule has 2 bridgehead atoms. The van der Waals surface area contributed by atoms with E-state index < -0.39 is 36.0 Å². The summed E-state index contributed by atoms with van der Waals surface area (Å²) in [6.45, 7) is -1.45. The molecule has 1 fully saturated rings. The second kappa shape index (κ2) is 2.72. The molecule has 1 N–H and O–H groups in total. The molecule has 0 saturated heterocycles. The van der Waals surface area contributed by atoms with Crippen LogP contribution in [0.3, 0.4) is 0 Å². The van der Waals surface area contributed by atoms with Crippen LogP contribution in [0, 0.1) is 11.8 Å². The van der Waals surface area contributed by atoms with Gasteiger partial charge in [-0.05, 0) is 6.42 Å². The molecule has 0 amide bonds. The third-order valence-electron chi connectivity index (χ3n) is 3.43. The number of hydrogen-bond acceptors (Lipinski definition) is 1. The first kappa shape index (κ1) is 10.9. The SMILES string of the molecule is OCC1(F)C2C=CC(C2)C1(F)C(F)(F)F. The summed E-state index contributed by atoms with van der Waals surface area (Å²) in [5.41, 5.74) is -7.18. The van der Waals surface area contributed by atoms with Crippen molar-refractivity contribution in [3.05, 3.63) is 12.2 Å². The molecular formula is C9H9F5O. The molecule has 2 aliphatic rings. The van der Waals surface area contributed by atoms with Gasteiger partial charge in [-0.3, -0.25) is 0 Å². The zero-order chi connectivity index (χ0) is 11.5. The van der Waals surface area contributed by atoms with E-state index in [4.69, 9.17) is 5.11 Å². The van der Waals surface area contributed by atoms with Gasteiger partial charge < -0.3 is 5.11 Å². The molecule has 1 saturated carbocycles. The van der Waals surface area contributed by atoms with Gasteiger partial charge in [0.1, 0.15) is 0 Å². The van der Waals surface area contributed by atoms with E-state index in [0.717, 1.165) is 6.08 Å². The molecule has 0 radical (unpaired) electrons. The maximum Gasteiger partial charge on any atom is 0.426 e. The Morgan fingerprint density at radius 3 is 2.13 bits per heavy atom. The van der Waals surface area contributed by atoms with Gasteiger partial charge in [0.2, 0.25) is 5.67 Å². The van der Waals surface area contributed by atoms with Crippen molar-refractivity contribution in [2.24, 2.45) is 11.8 Å². The lowest BCUT2D eigenvalue weighted by molar-refractivity contribution is -0.282. The van der Waals surface area contributed by atoms with Crippen LogP contribution in [0.25, 0.3) is 0 Å². The van der Waals surface area contributed by atoms with E-state index in [1.807, 2.05) is 0 Å². The van der Waals surface area contributed by atoms with Gasteiger partial charge in [-0.15, -0.1) is 0 Å². The summed E-state index contributed by atoms with van der Waals surface area (Å²) in [7, 11) is 0. The number of halogens is 5. The third-order valence-corrected chi connectivity index (χ3v) is 3.43. The Bertz CT molecular complexity index is 312.